The lowest BCUT2D eigenvalue weighted by atomic mass is 10.1. The van der Waals surface area contributed by atoms with Gasteiger partial charge in [0.25, 0.3) is 0 Å². The fourth-order valence-electron chi connectivity index (χ4n) is 2.30. The Morgan fingerprint density at radius 2 is 1.85 bits per heavy atom. The van der Waals surface area contributed by atoms with Crippen LogP contribution in [0.15, 0.2) is 40.8 Å². The van der Waals surface area contributed by atoms with Gasteiger partial charge in [-0.05, 0) is 32.4 Å². The van der Waals surface area contributed by atoms with Gasteiger partial charge in [0.15, 0.2) is 0 Å². The fraction of sp³-hybridized carbons (Fsp3) is 0.412. The molecule has 0 spiro atoms. The molecule has 0 radical (unpaired) electrons. The van der Waals surface area contributed by atoms with Gasteiger partial charge >= 0.3 is 0 Å². The zero-order valence-corrected chi connectivity index (χ0v) is 12.6. The van der Waals surface area contributed by atoms with Crippen molar-refractivity contribution in [2.24, 2.45) is 5.73 Å². The Kier molecular flexibility index (Phi) is 4.99. The lowest BCUT2D eigenvalue weighted by Crippen LogP contribution is -2.29. The first-order valence-electron chi connectivity index (χ1n) is 7.16. The van der Waals surface area contributed by atoms with Crippen LogP contribution in [0.5, 0.6) is 0 Å². The van der Waals surface area contributed by atoms with Gasteiger partial charge in [-0.3, -0.25) is 4.90 Å². The quantitative estimate of drug-likeness (QED) is 0.875. The summed E-state index contributed by atoms with van der Waals surface area (Å²) in [5.41, 5.74) is 8.21. The molecular weight excluding hydrogens is 248 g/mol. The van der Waals surface area contributed by atoms with Crippen LogP contribution in [0.25, 0.3) is 0 Å². The molecule has 20 heavy (non-hydrogen) atoms. The molecule has 1 heterocycles. The van der Waals surface area contributed by atoms with Crippen molar-refractivity contribution in [3.05, 3.63) is 59.0 Å². The zero-order valence-electron chi connectivity index (χ0n) is 12.6. The molecule has 0 bridgehead atoms. The van der Waals surface area contributed by atoms with Gasteiger partial charge in [-0.1, -0.05) is 30.3 Å². The molecule has 108 valence electrons. The van der Waals surface area contributed by atoms with Gasteiger partial charge in [0.1, 0.15) is 11.5 Å². The Labute approximate surface area is 121 Å². The highest BCUT2D eigenvalue weighted by Gasteiger charge is 2.14. The van der Waals surface area contributed by atoms with Gasteiger partial charge in [-0.15, -0.1) is 0 Å². The number of aryl methyl sites for hydroxylation is 1. The van der Waals surface area contributed by atoms with Crippen molar-refractivity contribution in [1.29, 1.82) is 0 Å². The van der Waals surface area contributed by atoms with Crippen LogP contribution in [0.3, 0.4) is 0 Å². The minimum Gasteiger partial charge on any atom is -0.465 e. The van der Waals surface area contributed by atoms with Gasteiger partial charge in [0.05, 0.1) is 6.54 Å². The van der Waals surface area contributed by atoms with Crippen molar-refractivity contribution in [3.8, 4) is 0 Å². The summed E-state index contributed by atoms with van der Waals surface area (Å²) in [5, 5.41) is 0. The average Bonchev–Trinajstić information content (AvgIpc) is 2.80. The third-order valence-electron chi connectivity index (χ3n) is 3.61. The highest BCUT2D eigenvalue weighted by molar-refractivity contribution is 5.21. The van der Waals surface area contributed by atoms with Crippen LogP contribution in [0.1, 0.15) is 36.5 Å². The van der Waals surface area contributed by atoms with Crippen molar-refractivity contribution >= 4 is 0 Å². The predicted molar refractivity (Wildman–Crippen MR) is 82.2 cm³/mol. The SMILES string of the molecule is Cc1oc(CN)cc1CN(Cc1ccccc1)C(C)C. The number of hydrogen-bond donors (Lipinski definition) is 1. The summed E-state index contributed by atoms with van der Waals surface area (Å²) in [6.07, 6.45) is 0. The molecule has 2 N–H and O–H groups in total. The van der Waals surface area contributed by atoms with E-state index < -0.39 is 0 Å². The van der Waals surface area contributed by atoms with E-state index in [0.717, 1.165) is 24.6 Å². The maximum atomic E-state index is 5.64. The molecular formula is C17H24N2O. The first-order chi connectivity index (χ1) is 9.60. The van der Waals surface area contributed by atoms with E-state index in [2.05, 4.69) is 55.1 Å². The van der Waals surface area contributed by atoms with Crippen LogP contribution < -0.4 is 5.73 Å². The van der Waals surface area contributed by atoms with Crippen LogP contribution in [-0.2, 0) is 19.6 Å². The van der Waals surface area contributed by atoms with E-state index in [9.17, 15) is 0 Å². The molecule has 0 saturated carbocycles. The van der Waals surface area contributed by atoms with Crippen molar-refractivity contribution in [3.63, 3.8) is 0 Å². The molecule has 0 aliphatic carbocycles. The monoisotopic (exact) mass is 272 g/mol. The number of benzene rings is 1. The first kappa shape index (κ1) is 14.8. The largest absolute Gasteiger partial charge is 0.465 e. The number of hydrogen-bond acceptors (Lipinski definition) is 3. The van der Waals surface area contributed by atoms with Crippen LogP contribution in [-0.4, -0.2) is 10.9 Å². The smallest absolute Gasteiger partial charge is 0.118 e. The lowest BCUT2D eigenvalue weighted by Gasteiger charge is -2.26. The Balaban J connectivity index is 2.11. The van der Waals surface area contributed by atoms with Crippen molar-refractivity contribution in [2.75, 3.05) is 0 Å². The summed E-state index contributed by atoms with van der Waals surface area (Å²) < 4.78 is 5.64. The maximum Gasteiger partial charge on any atom is 0.118 e. The molecule has 2 rings (SSSR count). The molecule has 0 saturated heterocycles. The molecule has 0 atom stereocenters. The molecule has 0 aliphatic heterocycles. The molecule has 0 fully saturated rings. The van der Waals surface area contributed by atoms with Crippen molar-refractivity contribution in [1.82, 2.24) is 4.90 Å². The van der Waals surface area contributed by atoms with Gasteiger partial charge in [-0.25, -0.2) is 0 Å². The third kappa shape index (κ3) is 3.71. The van der Waals surface area contributed by atoms with E-state index in [-0.39, 0.29) is 0 Å². The predicted octanol–water partition coefficient (Wildman–Crippen LogP) is 3.46. The molecule has 0 unspecified atom stereocenters. The summed E-state index contributed by atoms with van der Waals surface area (Å²) >= 11 is 0. The second-order valence-corrected chi connectivity index (χ2v) is 5.48. The highest BCUT2D eigenvalue weighted by atomic mass is 16.3. The maximum absolute atomic E-state index is 5.64. The van der Waals surface area contributed by atoms with Crippen LogP contribution in [0.2, 0.25) is 0 Å². The highest BCUT2D eigenvalue weighted by Crippen LogP contribution is 2.19. The molecule has 3 nitrogen and oxygen atoms in total. The normalized spacial score (nSPS) is 11.5. The Morgan fingerprint density at radius 3 is 2.40 bits per heavy atom. The summed E-state index contributed by atoms with van der Waals surface area (Å²) in [6.45, 7) is 8.75. The van der Waals surface area contributed by atoms with Gasteiger partial charge < -0.3 is 10.2 Å². The van der Waals surface area contributed by atoms with E-state index in [1.807, 2.05) is 6.92 Å². The van der Waals surface area contributed by atoms with Crippen LogP contribution in [0.4, 0.5) is 0 Å². The van der Waals surface area contributed by atoms with E-state index in [1.165, 1.54) is 11.1 Å². The van der Waals surface area contributed by atoms with E-state index in [4.69, 9.17) is 10.2 Å². The second-order valence-electron chi connectivity index (χ2n) is 5.48. The number of nitrogens with two attached hydrogens (primary N) is 1. The van der Waals surface area contributed by atoms with Crippen LogP contribution in [0, 0.1) is 6.92 Å². The molecule has 0 amide bonds. The molecule has 1 aromatic heterocycles. The lowest BCUT2D eigenvalue weighted by molar-refractivity contribution is 0.202. The van der Waals surface area contributed by atoms with Gasteiger partial charge in [-0.2, -0.15) is 0 Å². The number of furan rings is 1. The van der Waals surface area contributed by atoms with E-state index >= 15 is 0 Å². The molecule has 1 aromatic carbocycles. The van der Waals surface area contributed by atoms with Gasteiger partial charge in [0.2, 0.25) is 0 Å². The van der Waals surface area contributed by atoms with Crippen molar-refractivity contribution < 1.29 is 4.42 Å². The third-order valence-corrected chi connectivity index (χ3v) is 3.61. The zero-order chi connectivity index (χ0) is 14.5. The first-order valence-corrected chi connectivity index (χ1v) is 7.16. The molecule has 3 heteroatoms. The second kappa shape index (κ2) is 6.73. The minimum absolute atomic E-state index is 0.460. The van der Waals surface area contributed by atoms with E-state index in [0.29, 0.717) is 12.6 Å². The van der Waals surface area contributed by atoms with Crippen LogP contribution >= 0.6 is 0 Å². The van der Waals surface area contributed by atoms with Gasteiger partial charge in [0, 0.05) is 24.7 Å². The topological polar surface area (TPSA) is 42.4 Å². The average molecular weight is 272 g/mol. The minimum atomic E-state index is 0.460. The summed E-state index contributed by atoms with van der Waals surface area (Å²) in [5.74, 6) is 1.84. The Hall–Kier alpha value is -1.58. The van der Waals surface area contributed by atoms with Crippen molar-refractivity contribution in [2.45, 2.75) is 46.4 Å². The van der Waals surface area contributed by atoms with E-state index in [1.54, 1.807) is 0 Å². The molecule has 2 aromatic rings. The number of nitrogens with zero attached hydrogens (tertiary/aromatic N) is 1. The summed E-state index contributed by atoms with van der Waals surface area (Å²) in [4.78, 5) is 2.44. The summed E-state index contributed by atoms with van der Waals surface area (Å²) in [7, 11) is 0. The standard InChI is InChI=1S/C17H24N2O/c1-13(2)19(11-15-7-5-4-6-8-15)12-16-9-17(10-18)20-14(16)3/h4-9,13H,10-12,18H2,1-3H3. The Morgan fingerprint density at radius 1 is 1.15 bits per heavy atom. The number of rotatable bonds is 6. The fourth-order valence-corrected chi connectivity index (χ4v) is 2.30. The molecule has 0 aliphatic rings. The Bertz CT molecular complexity index is 531. The summed E-state index contributed by atoms with van der Waals surface area (Å²) in [6, 6.07) is 13.1.